The summed E-state index contributed by atoms with van der Waals surface area (Å²) in [6, 6.07) is 16.7. The van der Waals surface area contributed by atoms with Gasteiger partial charge in [0.05, 0.1) is 7.11 Å². The fourth-order valence-corrected chi connectivity index (χ4v) is 3.36. The van der Waals surface area contributed by atoms with Crippen LogP contribution in [0, 0.1) is 0 Å². The molecule has 0 atom stereocenters. The first-order valence-electron chi connectivity index (χ1n) is 9.64. The molecular formula is C23H27N3OS. The van der Waals surface area contributed by atoms with Crippen molar-refractivity contribution < 1.29 is 4.74 Å². The summed E-state index contributed by atoms with van der Waals surface area (Å²) < 4.78 is 5.39. The van der Waals surface area contributed by atoms with Gasteiger partial charge in [-0.25, -0.2) is 0 Å². The number of fused-ring (bicyclic) bond motifs is 1. The van der Waals surface area contributed by atoms with E-state index in [9.17, 15) is 0 Å². The van der Waals surface area contributed by atoms with Crippen molar-refractivity contribution >= 4 is 33.9 Å². The molecule has 146 valence electrons. The quantitative estimate of drug-likeness (QED) is 0.422. The molecule has 28 heavy (non-hydrogen) atoms. The first-order chi connectivity index (χ1) is 13.6. The molecule has 3 aromatic rings. The van der Waals surface area contributed by atoms with Crippen molar-refractivity contribution in [3.05, 3.63) is 65.9 Å². The Kier molecular flexibility index (Phi) is 6.82. The van der Waals surface area contributed by atoms with Gasteiger partial charge in [-0.05, 0) is 66.4 Å². The maximum Gasteiger partial charge on any atom is 0.170 e. The maximum absolute atomic E-state index is 5.46. The molecule has 0 bridgehead atoms. The highest BCUT2D eigenvalue weighted by atomic mass is 32.1. The van der Waals surface area contributed by atoms with Crippen molar-refractivity contribution in [3.8, 4) is 5.75 Å². The second-order valence-corrected chi connectivity index (χ2v) is 7.50. The SMILES string of the molecule is COc1ccc(NC(=S)NCCCc2ccc(C(C)C)cc2)c2cccnc12. The van der Waals surface area contributed by atoms with E-state index in [1.54, 1.807) is 13.3 Å². The molecular weight excluding hydrogens is 366 g/mol. The number of ether oxygens (including phenoxy) is 1. The number of aryl methyl sites for hydroxylation is 1. The summed E-state index contributed by atoms with van der Waals surface area (Å²) in [7, 11) is 1.65. The Labute approximate surface area is 172 Å². The summed E-state index contributed by atoms with van der Waals surface area (Å²) in [5.41, 5.74) is 4.49. The smallest absolute Gasteiger partial charge is 0.170 e. The van der Waals surface area contributed by atoms with Gasteiger partial charge in [-0.15, -0.1) is 0 Å². The molecule has 5 heteroatoms. The van der Waals surface area contributed by atoms with Gasteiger partial charge in [-0.3, -0.25) is 4.98 Å². The lowest BCUT2D eigenvalue weighted by Crippen LogP contribution is -2.29. The van der Waals surface area contributed by atoms with Gasteiger partial charge in [-0.2, -0.15) is 0 Å². The fraction of sp³-hybridized carbons (Fsp3) is 0.304. The zero-order chi connectivity index (χ0) is 19.9. The molecule has 1 aromatic heterocycles. The zero-order valence-corrected chi connectivity index (χ0v) is 17.5. The van der Waals surface area contributed by atoms with Crippen LogP contribution in [-0.4, -0.2) is 23.8 Å². The van der Waals surface area contributed by atoms with Crippen LogP contribution in [0.15, 0.2) is 54.7 Å². The van der Waals surface area contributed by atoms with Gasteiger partial charge in [-0.1, -0.05) is 38.1 Å². The molecule has 0 fully saturated rings. The summed E-state index contributed by atoms with van der Waals surface area (Å²) in [5.74, 6) is 1.33. The summed E-state index contributed by atoms with van der Waals surface area (Å²) in [5, 5.41) is 8.17. The molecule has 0 aliphatic rings. The Morgan fingerprint density at radius 2 is 1.89 bits per heavy atom. The van der Waals surface area contributed by atoms with Crippen molar-refractivity contribution in [2.24, 2.45) is 0 Å². The highest BCUT2D eigenvalue weighted by Crippen LogP contribution is 2.29. The minimum absolute atomic E-state index is 0.573. The Bertz CT molecular complexity index is 938. The summed E-state index contributed by atoms with van der Waals surface area (Å²) in [4.78, 5) is 4.42. The predicted molar refractivity (Wildman–Crippen MR) is 121 cm³/mol. The van der Waals surface area contributed by atoms with Crippen LogP contribution in [0.1, 0.15) is 37.3 Å². The number of methoxy groups -OCH3 is 1. The number of nitrogens with one attached hydrogen (secondary N) is 2. The van der Waals surface area contributed by atoms with Gasteiger partial charge < -0.3 is 15.4 Å². The van der Waals surface area contributed by atoms with Crippen LogP contribution in [0.25, 0.3) is 10.9 Å². The van der Waals surface area contributed by atoms with Gasteiger partial charge in [0.15, 0.2) is 5.11 Å². The van der Waals surface area contributed by atoms with Gasteiger partial charge in [0.25, 0.3) is 0 Å². The van der Waals surface area contributed by atoms with Crippen LogP contribution < -0.4 is 15.4 Å². The normalized spacial score (nSPS) is 10.9. The fourth-order valence-electron chi connectivity index (χ4n) is 3.15. The molecule has 0 aliphatic heterocycles. The molecule has 0 saturated carbocycles. The number of nitrogens with zero attached hydrogens (tertiary/aromatic N) is 1. The van der Waals surface area contributed by atoms with E-state index in [1.807, 2.05) is 24.3 Å². The number of hydrogen-bond donors (Lipinski definition) is 2. The lowest BCUT2D eigenvalue weighted by Gasteiger charge is -2.14. The number of hydrogen-bond acceptors (Lipinski definition) is 3. The van der Waals surface area contributed by atoms with E-state index in [-0.39, 0.29) is 0 Å². The molecule has 1 heterocycles. The third-order valence-corrected chi connectivity index (χ3v) is 5.02. The van der Waals surface area contributed by atoms with E-state index in [0.29, 0.717) is 11.0 Å². The van der Waals surface area contributed by atoms with Crippen LogP contribution in [0.3, 0.4) is 0 Å². The minimum Gasteiger partial charge on any atom is -0.494 e. The Morgan fingerprint density at radius 3 is 2.61 bits per heavy atom. The van der Waals surface area contributed by atoms with Crippen LogP contribution in [0.4, 0.5) is 5.69 Å². The second-order valence-electron chi connectivity index (χ2n) is 7.10. The minimum atomic E-state index is 0.573. The highest BCUT2D eigenvalue weighted by Gasteiger charge is 2.08. The monoisotopic (exact) mass is 393 g/mol. The van der Waals surface area contributed by atoms with Crippen molar-refractivity contribution in [2.75, 3.05) is 19.0 Å². The van der Waals surface area contributed by atoms with E-state index in [2.05, 4.69) is 53.7 Å². The molecule has 0 radical (unpaired) electrons. The van der Waals surface area contributed by atoms with Gasteiger partial charge in [0, 0.05) is 23.8 Å². The molecule has 0 saturated heterocycles. The van der Waals surface area contributed by atoms with Crippen molar-refractivity contribution in [1.82, 2.24) is 10.3 Å². The predicted octanol–water partition coefficient (Wildman–Crippen LogP) is 5.29. The number of anilines is 1. The lowest BCUT2D eigenvalue weighted by molar-refractivity contribution is 0.419. The van der Waals surface area contributed by atoms with Gasteiger partial charge in [0.1, 0.15) is 11.3 Å². The van der Waals surface area contributed by atoms with Crippen LogP contribution in [0.5, 0.6) is 5.75 Å². The third-order valence-electron chi connectivity index (χ3n) is 4.77. The van der Waals surface area contributed by atoms with Crippen molar-refractivity contribution in [3.63, 3.8) is 0 Å². The molecule has 2 aromatic carbocycles. The molecule has 0 amide bonds. The highest BCUT2D eigenvalue weighted by molar-refractivity contribution is 7.80. The van der Waals surface area contributed by atoms with Crippen LogP contribution in [-0.2, 0) is 6.42 Å². The molecule has 4 nitrogen and oxygen atoms in total. The summed E-state index contributed by atoms with van der Waals surface area (Å²) in [6.45, 7) is 5.26. The summed E-state index contributed by atoms with van der Waals surface area (Å²) >= 11 is 5.46. The van der Waals surface area contributed by atoms with Gasteiger partial charge in [0.2, 0.25) is 0 Å². The van der Waals surface area contributed by atoms with Crippen LogP contribution >= 0.6 is 12.2 Å². The topological polar surface area (TPSA) is 46.2 Å². The number of benzene rings is 2. The van der Waals surface area contributed by atoms with Crippen molar-refractivity contribution in [1.29, 1.82) is 0 Å². The maximum atomic E-state index is 5.46. The number of aromatic nitrogens is 1. The average Bonchev–Trinajstić information content (AvgIpc) is 2.72. The zero-order valence-electron chi connectivity index (χ0n) is 16.7. The van der Waals surface area contributed by atoms with Crippen molar-refractivity contribution in [2.45, 2.75) is 32.6 Å². The number of rotatable bonds is 7. The first-order valence-corrected chi connectivity index (χ1v) is 10.0. The average molecular weight is 394 g/mol. The molecule has 0 spiro atoms. The Balaban J connectivity index is 1.52. The van der Waals surface area contributed by atoms with Crippen LogP contribution in [0.2, 0.25) is 0 Å². The van der Waals surface area contributed by atoms with E-state index in [1.165, 1.54) is 11.1 Å². The number of thiocarbonyl (C=S) groups is 1. The Morgan fingerprint density at radius 1 is 1.11 bits per heavy atom. The molecule has 2 N–H and O–H groups in total. The lowest BCUT2D eigenvalue weighted by atomic mass is 10.0. The second kappa shape index (κ2) is 9.51. The third kappa shape index (κ3) is 4.98. The Hall–Kier alpha value is -2.66. The number of pyridine rings is 1. The molecule has 0 unspecified atom stereocenters. The van der Waals surface area contributed by atoms with Gasteiger partial charge >= 0.3 is 0 Å². The van der Waals surface area contributed by atoms with E-state index in [4.69, 9.17) is 17.0 Å². The van der Waals surface area contributed by atoms with E-state index in [0.717, 1.165) is 41.7 Å². The largest absolute Gasteiger partial charge is 0.494 e. The molecule has 0 aliphatic carbocycles. The van der Waals surface area contributed by atoms with E-state index >= 15 is 0 Å². The summed E-state index contributed by atoms with van der Waals surface area (Å²) in [6.07, 6.45) is 3.82. The van der Waals surface area contributed by atoms with E-state index < -0.39 is 0 Å². The molecule has 3 rings (SSSR count). The standard InChI is InChI=1S/C23H27N3OS/c1-16(2)18-10-8-17(9-11-18)6-4-15-25-23(28)26-20-12-13-21(27-3)22-19(20)7-5-14-24-22/h5,7-14,16H,4,6,15H2,1-3H3,(H2,25,26,28). The first kappa shape index (κ1) is 20.1.